The predicted octanol–water partition coefficient (Wildman–Crippen LogP) is 3.03. The molecule has 0 unspecified atom stereocenters. The van der Waals surface area contributed by atoms with E-state index in [1.54, 1.807) is 0 Å². The number of nitrogens with zero attached hydrogens (tertiary/aromatic N) is 1. The minimum Gasteiger partial charge on any atom is -0.282 e. The van der Waals surface area contributed by atoms with Crippen LogP contribution in [0.2, 0.25) is 0 Å². The van der Waals surface area contributed by atoms with Gasteiger partial charge in [-0.2, -0.15) is 5.10 Å². The van der Waals surface area contributed by atoms with E-state index in [9.17, 15) is 0 Å². The van der Waals surface area contributed by atoms with Crippen molar-refractivity contribution < 1.29 is 0 Å². The molecule has 0 saturated carbocycles. The Hall–Kier alpha value is -1.83. The predicted molar refractivity (Wildman–Crippen MR) is 62.5 cm³/mol. The van der Waals surface area contributed by atoms with Gasteiger partial charge in [-0.1, -0.05) is 36.9 Å². The van der Waals surface area contributed by atoms with Crippen molar-refractivity contribution in [3.8, 4) is 0 Å². The van der Waals surface area contributed by atoms with Gasteiger partial charge in [-0.25, -0.2) is 0 Å². The Morgan fingerprint density at radius 3 is 2.73 bits per heavy atom. The molecule has 0 amide bonds. The number of allylic oxidation sites excluding steroid dienone is 1. The zero-order chi connectivity index (χ0) is 10.7. The van der Waals surface area contributed by atoms with Crippen molar-refractivity contribution in [2.75, 3.05) is 0 Å². The molecule has 0 aliphatic rings. The molecular weight excluding hydrogens is 184 g/mol. The number of benzene rings is 1. The van der Waals surface area contributed by atoms with Crippen LogP contribution in [-0.4, -0.2) is 10.2 Å². The normalized spacial score (nSPS) is 10.2. The highest BCUT2D eigenvalue weighted by atomic mass is 15.1. The van der Waals surface area contributed by atoms with Crippen molar-refractivity contribution in [3.63, 3.8) is 0 Å². The summed E-state index contributed by atoms with van der Waals surface area (Å²) >= 11 is 0. The maximum absolute atomic E-state index is 4.05. The molecule has 2 aromatic rings. The lowest BCUT2D eigenvalue weighted by atomic mass is 10.0. The number of nitrogens with one attached hydrogen (secondary N) is 1. The van der Waals surface area contributed by atoms with E-state index in [-0.39, 0.29) is 0 Å². The van der Waals surface area contributed by atoms with Crippen molar-refractivity contribution in [3.05, 3.63) is 59.9 Å². The second-order valence-corrected chi connectivity index (χ2v) is 3.70. The fourth-order valence-corrected chi connectivity index (χ4v) is 1.62. The quantitative estimate of drug-likeness (QED) is 0.806. The molecule has 15 heavy (non-hydrogen) atoms. The van der Waals surface area contributed by atoms with Crippen molar-refractivity contribution in [1.82, 2.24) is 10.2 Å². The zero-order valence-corrected chi connectivity index (χ0v) is 8.83. The third-order valence-electron chi connectivity index (χ3n) is 2.40. The van der Waals surface area contributed by atoms with Gasteiger partial charge >= 0.3 is 0 Å². The lowest BCUT2D eigenvalue weighted by Gasteiger charge is -2.02. The van der Waals surface area contributed by atoms with Crippen LogP contribution in [0.4, 0.5) is 0 Å². The van der Waals surface area contributed by atoms with Crippen LogP contribution < -0.4 is 0 Å². The molecule has 0 atom stereocenters. The summed E-state index contributed by atoms with van der Waals surface area (Å²) in [6.07, 6.45) is 2.71. The van der Waals surface area contributed by atoms with Gasteiger partial charge in [0.1, 0.15) is 0 Å². The first-order chi connectivity index (χ1) is 7.27. The fraction of sp³-hybridized carbons (Fsp3) is 0.154. The van der Waals surface area contributed by atoms with E-state index in [1.807, 2.05) is 31.3 Å². The summed E-state index contributed by atoms with van der Waals surface area (Å²) < 4.78 is 0. The molecule has 0 radical (unpaired) electrons. The molecule has 1 N–H and O–H groups in total. The maximum Gasteiger partial charge on any atom is 0.0565 e. The lowest BCUT2D eigenvalue weighted by molar-refractivity contribution is 0.994. The topological polar surface area (TPSA) is 28.7 Å². The number of rotatable bonds is 3. The first kappa shape index (κ1) is 9.71. The highest BCUT2D eigenvalue weighted by Gasteiger charge is 2.05. The monoisotopic (exact) mass is 198 g/mol. The fourth-order valence-electron chi connectivity index (χ4n) is 1.62. The largest absolute Gasteiger partial charge is 0.282 e. The number of hydrogen-bond acceptors (Lipinski definition) is 1. The molecular formula is C13H14N2. The molecule has 2 nitrogen and oxygen atoms in total. The van der Waals surface area contributed by atoms with E-state index in [0.717, 1.165) is 23.3 Å². The Kier molecular flexibility index (Phi) is 2.68. The van der Waals surface area contributed by atoms with E-state index in [0.29, 0.717) is 0 Å². The van der Waals surface area contributed by atoms with Crippen LogP contribution in [0.15, 0.2) is 43.1 Å². The molecule has 2 heteroatoms. The Labute approximate surface area is 89.7 Å². The van der Waals surface area contributed by atoms with E-state index >= 15 is 0 Å². The molecule has 0 saturated heterocycles. The Bertz CT molecular complexity index is 454. The first-order valence-electron chi connectivity index (χ1n) is 4.99. The van der Waals surface area contributed by atoms with E-state index < -0.39 is 0 Å². The number of H-pyrrole nitrogens is 1. The standard InChI is InChI=1S/C13H14N2/c1-10(2)12-9-14-15-13(12)8-11-6-4-3-5-7-11/h3-7,9H,1,8H2,2H3,(H,14,15). The third-order valence-corrected chi connectivity index (χ3v) is 2.40. The van der Waals surface area contributed by atoms with Crippen LogP contribution >= 0.6 is 0 Å². The first-order valence-corrected chi connectivity index (χ1v) is 4.99. The lowest BCUT2D eigenvalue weighted by Crippen LogP contribution is -1.91. The zero-order valence-electron chi connectivity index (χ0n) is 8.83. The van der Waals surface area contributed by atoms with Crippen molar-refractivity contribution in [2.45, 2.75) is 13.3 Å². The third kappa shape index (κ3) is 2.15. The average molecular weight is 198 g/mol. The van der Waals surface area contributed by atoms with Crippen LogP contribution in [-0.2, 0) is 6.42 Å². The van der Waals surface area contributed by atoms with Crippen molar-refractivity contribution >= 4 is 5.57 Å². The molecule has 2 rings (SSSR count). The van der Waals surface area contributed by atoms with Crippen molar-refractivity contribution in [1.29, 1.82) is 0 Å². The van der Waals surface area contributed by atoms with Gasteiger partial charge in [0.2, 0.25) is 0 Å². The SMILES string of the molecule is C=C(C)c1cn[nH]c1Cc1ccccc1. The van der Waals surface area contributed by atoms with Gasteiger partial charge in [0.15, 0.2) is 0 Å². The summed E-state index contributed by atoms with van der Waals surface area (Å²) in [4.78, 5) is 0. The minimum absolute atomic E-state index is 0.878. The Morgan fingerprint density at radius 1 is 1.33 bits per heavy atom. The van der Waals surface area contributed by atoms with Crippen LogP contribution in [0.3, 0.4) is 0 Å². The van der Waals surface area contributed by atoms with Crippen molar-refractivity contribution in [2.24, 2.45) is 0 Å². The van der Waals surface area contributed by atoms with E-state index in [2.05, 4.69) is 28.9 Å². The molecule has 0 fully saturated rings. The highest BCUT2D eigenvalue weighted by Crippen LogP contribution is 2.17. The summed E-state index contributed by atoms with van der Waals surface area (Å²) in [7, 11) is 0. The van der Waals surface area contributed by atoms with Crippen LogP contribution in [0.25, 0.3) is 5.57 Å². The van der Waals surface area contributed by atoms with Gasteiger partial charge < -0.3 is 0 Å². The molecule has 1 heterocycles. The second-order valence-electron chi connectivity index (χ2n) is 3.70. The van der Waals surface area contributed by atoms with Gasteiger partial charge in [-0.15, -0.1) is 0 Å². The van der Waals surface area contributed by atoms with Gasteiger partial charge in [-0.05, 0) is 18.1 Å². The maximum atomic E-state index is 4.05. The smallest absolute Gasteiger partial charge is 0.0565 e. The second kappa shape index (κ2) is 4.13. The molecule has 1 aromatic carbocycles. The molecule has 1 aromatic heterocycles. The van der Waals surface area contributed by atoms with Gasteiger partial charge in [0, 0.05) is 17.7 Å². The van der Waals surface area contributed by atoms with Gasteiger partial charge in [0.25, 0.3) is 0 Å². The van der Waals surface area contributed by atoms with Crippen LogP contribution in [0, 0.1) is 0 Å². The van der Waals surface area contributed by atoms with E-state index in [4.69, 9.17) is 0 Å². The molecule has 0 spiro atoms. The van der Waals surface area contributed by atoms with Gasteiger partial charge in [0.05, 0.1) is 6.20 Å². The molecule has 0 bridgehead atoms. The number of aromatic amines is 1. The molecule has 0 aliphatic heterocycles. The van der Waals surface area contributed by atoms with Crippen LogP contribution in [0.5, 0.6) is 0 Å². The van der Waals surface area contributed by atoms with Gasteiger partial charge in [-0.3, -0.25) is 5.10 Å². The summed E-state index contributed by atoms with van der Waals surface area (Å²) in [6.45, 7) is 5.94. The summed E-state index contributed by atoms with van der Waals surface area (Å²) in [5.41, 5.74) is 4.59. The highest BCUT2D eigenvalue weighted by molar-refractivity contribution is 5.62. The number of aromatic nitrogens is 2. The van der Waals surface area contributed by atoms with E-state index in [1.165, 1.54) is 5.56 Å². The molecule has 0 aliphatic carbocycles. The average Bonchev–Trinajstić information content (AvgIpc) is 2.67. The summed E-state index contributed by atoms with van der Waals surface area (Å²) in [6, 6.07) is 10.3. The Morgan fingerprint density at radius 2 is 2.07 bits per heavy atom. The summed E-state index contributed by atoms with van der Waals surface area (Å²) in [5.74, 6) is 0. The number of hydrogen-bond donors (Lipinski definition) is 1. The minimum atomic E-state index is 0.878. The summed E-state index contributed by atoms with van der Waals surface area (Å²) in [5, 5.41) is 7.08. The van der Waals surface area contributed by atoms with Crippen LogP contribution in [0.1, 0.15) is 23.7 Å². The molecule has 76 valence electrons. The Balaban J connectivity index is 2.25.